The monoisotopic (exact) mass is 299 g/mol. The third kappa shape index (κ3) is 3.12. The summed E-state index contributed by atoms with van der Waals surface area (Å²) in [7, 11) is -2.76. The van der Waals surface area contributed by atoms with Gasteiger partial charge in [0, 0.05) is 16.7 Å². The second-order valence-corrected chi connectivity index (χ2v) is 8.27. The minimum Gasteiger partial charge on any atom is -0.297 e. The van der Waals surface area contributed by atoms with Crippen LogP contribution in [0.25, 0.3) is 0 Å². The van der Waals surface area contributed by atoms with Gasteiger partial charge in [-0.1, -0.05) is 43.3 Å². The molecule has 1 aliphatic rings. The summed E-state index contributed by atoms with van der Waals surface area (Å²) < 4.78 is 13.8. The van der Waals surface area contributed by atoms with Gasteiger partial charge in [-0.05, 0) is 49.4 Å². The van der Waals surface area contributed by atoms with Gasteiger partial charge in [0.15, 0.2) is 0 Å². The van der Waals surface area contributed by atoms with E-state index in [0.717, 1.165) is 17.0 Å². The summed E-state index contributed by atoms with van der Waals surface area (Å²) in [6.07, 6.45) is 3.54. The van der Waals surface area contributed by atoms with Crippen molar-refractivity contribution >= 4 is 17.9 Å². The van der Waals surface area contributed by atoms with E-state index in [0.29, 0.717) is 12.0 Å². The van der Waals surface area contributed by atoms with E-state index < -0.39 is 7.29 Å². The van der Waals surface area contributed by atoms with Gasteiger partial charge in [-0.15, -0.1) is 0 Å². The molecule has 110 valence electrons. The molecule has 1 atom stereocenters. The molecule has 2 nitrogen and oxygen atoms in total. The van der Waals surface area contributed by atoms with Crippen LogP contribution in [0.3, 0.4) is 0 Å². The fraction of sp³-hybridized carbons (Fsp3) is 0.333. The molecule has 0 aliphatic heterocycles. The summed E-state index contributed by atoms with van der Waals surface area (Å²) in [5.41, 5.74) is 0. The first kappa shape index (κ1) is 14.6. The van der Waals surface area contributed by atoms with Gasteiger partial charge in [-0.25, -0.2) is 0 Å². The molecular weight excluding hydrogens is 277 g/mol. The second kappa shape index (κ2) is 6.17. The maximum absolute atomic E-state index is 13.8. The average Bonchev–Trinajstić information content (AvgIpc) is 3.39. The lowest BCUT2D eigenvalue weighted by Gasteiger charge is -2.26. The molecule has 0 bridgehead atoms. The number of hydrogen-bond donors (Lipinski definition) is 1. The first-order chi connectivity index (χ1) is 10.2. The maximum Gasteiger partial charge on any atom is 0.204 e. The van der Waals surface area contributed by atoms with Gasteiger partial charge in [0.05, 0.1) is 0 Å². The highest BCUT2D eigenvalue weighted by molar-refractivity contribution is 7.76. The van der Waals surface area contributed by atoms with Crippen molar-refractivity contribution in [3.8, 4) is 0 Å². The highest BCUT2D eigenvalue weighted by Crippen LogP contribution is 2.44. The topological polar surface area (TPSA) is 29.1 Å². The zero-order valence-electron chi connectivity index (χ0n) is 12.4. The minimum absolute atomic E-state index is 0.344. The molecule has 0 heterocycles. The van der Waals surface area contributed by atoms with Gasteiger partial charge >= 0.3 is 0 Å². The number of rotatable bonds is 6. The van der Waals surface area contributed by atoms with E-state index in [1.165, 1.54) is 12.8 Å². The Bertz CT molecular complexity index is 579. The molecule has 1 saturated carbocycles. The van der Waals surface area contributed by atoms with Gasteiger partial charge in [-0.3, -0.25) is 9.65 Å². The Balaban J connectivity index is 2.00. The summed E-state index contributed by atoms with van der Waals surface area (Å²) in [6.45, 7) is 2.18. The van der Waals surface area contributed by atoms with Gasteiger partial charge in [0.25, 0.3) is 0 Å². The highest BCUT2D eigenvalue weighted by Gasteiger charge is 2.36. The lowest BCUT2D eigenvalue weighted by atomic mass is 10.1. The molecule has 0 radical (unpaired) electrons. The van der Waals surface area contributed by atoms with E-state index in [-0.39, 0.29) is 0 Å². The molecule has 1 fully saturated rings. The Morgan fingerprint density at radius 2 is 1.48 bits per heavy atom. The summed E-state index contributed by atoms with van der Waals surface area (Å²) in [4.78, 5) is 0. The van der Waals surface area contributed by atoms with Crippen molar-refractivity contribution in [3.63, 3.8) is 0 Å². The third-order valence-corrected chi connectivity index (χ3v) is 6.96. The Morgan fingerprint density at radius 1 is 1.00 bits per heavy atom. The predicted octanol–water partition coefficient (Wildman–Crippen LogP) is 3.69. The summed E-state index contributed by atoms with van der Waals surface area (Å²) >= 11 is 0. The average molecular weight is 299 g/mol. The van der Waals surface area contributed by atoms with Crippen molar-refractivity contribution in [1.82, 2.24) is 5.09 Å². The Morgan fingerprint density at radius 3 is 1.86 bits per heavy atom. The minimum atomic E-state index is -2.76. The molecule has 3 rings (SSSR count). The SMILES string of the molecule is CCC(NP(=O)(c1ccccc1)c1ccccc1)C1CC1. The van der Waals surface area contributed by atoms with E-state index in [4.69, 9.17) is 0 Å². The van der Waals surface area contributed by atoms with E-state index in [2.05, 4.69) is 12.0 Å². The fourth-order valence-electron chi connectivity index (χ4n) is 2.84. The van der Waals surface area contributed by atoms with E-state index in [1.807, 2.05) is 60.7 Å². The predicted molar refractivity (Wildman–Crippen MR) is 89.7 cm³/mol. The van der Waals surface area contributed by atoms with Crippen LogP contribution in [0.15, 0.2) is 60.7 Å². The van der Waals surface area contributed by atoms with Crippen molar-refractivity contribution in [2.24, 2.45) is 5.92 Å². The standard InChI is InChI=1S/C18H22NOP/c1-2-18(15-13-14-15)19-21(20,16-9-5-3-6-10-16)17-11-7-4-8-12-17/h3-12,15,18H,2,13-14H2,1H3,(H,19,20). The van der Waals surface area contributed by atoms with Crippen LogP contribution in [-0.4, -0.2) is 6.04 Å². The van der Waals surface area contributed by atoms with Crippen LogP contribution < -0.4 is 15.7 Å². The molecule has 0 spiro atoms. The van der Waals surface area contributed by atoms with Crippen molar-refractivity contribution < 1.29 is 4.57 Å². The van der Waals surface area contributed by atoms with Gasteiger partial charge in [0.2, 0.25) is 7.29 Å². The number of nitrogens with one attached hydrogen (secondary N) is 1. The molecular formula is C18H22NOP. The molecule has 1 aliphatic carbocycles. The molecule has 2 aromatic carbocycles. The van der Waals surface area contributed by atoms with Crippen LogP contribution in [0, 0.1) is 5.92 Å². The molecule has 3 heteroatoms. The molecule has 1 unspecified atom stereocenters. The molecule has 2 aromatic rings. The lowest BCUT2D eigenvalue weighted by Crippen LogP contribution is -2.36. The molecule has 0 amide bonds. The van der Waals surface area contributed by atoms with E-state index in [9.17, 15) is 4.57 Å². The van der Waals surface area contributed by atoms with Gasteiger partial charge in [-0.2, -0.15) is 0 Å². The van der Waals surface area contributed by atoms with Crippen molar-refractivity contribution in [2.45, 2.75) is 32.2 Å². The summed E-state index contributed by atoms with van der Waals surface area (Å²) in [5.74, 6) is 0.691. The summed E-state index contributed by atoms with van der Waals surface area (Å²) in [6, 6.07) is 20.0. The van der Waals surface area contributed by atoms with Crippen LogP contribution >= 0.6 is 7.29 Å². The zero-order chi connectivity index (χ0) is 14.7. The second-order valence-electron chi connectivity index (χ2n) is 5.76. The number of benzene rings is 2. The maximum atomic E-state index is 13.8. The Kier molecular flexibility index (Phi) is 4.28. The van der Waals surface area contributed by atoms with E-state index in [1.54, 1.807) is 0 Å². The van der Waals surface area contributed by atoms with Gasteiger partial charge < -0.3 is 0 Å². The normalized spacial score (nSPS) is 16.6. The quantitative estimate of drug-likeness (QED) is 0.824. The van der Waals surface area contributed by atoms with Crippen molar-refractivity contribution in [2.75, 3.05) is 0 Å². The van der Waals surface area contributed by atoms with Crippen LogP contribution in [0.5, 0.6) is 0 Å². The lowest BCUT2D eigenvalue weighted by molar-refractivity contribution is 0.510. The fourth-order valence-corrected chi connectivity index (χ4v) is 5.48. The van der Waals surface area contributed by atoms with Crippen molar-refractivity contribution in [1.29, 1.82) is 0 Å². The zero-order valence-corrected chi connectivity index (χ0v) is 13.3. The molecule has 0 saturated heterocycles. The van der Waals surface area contributed by atoms with E-state index >= 15 is 0 Å². The van der Waals surface area contributed by atoms with Crippen LogP contribution in [-0.2, 0) is 4.57 Å². The van der Waals surface area contributed by atoms with Gasteiger partial charge in [0.1, 0.15) is 0 Å². The molecule has 21 heavy (non-hydrogen) atoms. The van der Waals surface area contributed by atoms with Crippen LogP contribution in [0.1, 0.15) is 26.2 Å². The first-order valence-corrected chi connectivity index (χ1v) is 9.44. The smallest absolute Gasteiger partial charge is 0.204 e. The third-order valence-electron chi connectivity index (χ3n) is 4.22. The molecule has 1 N–H and O–H groups in total. The molecule has 0 aromatic heterocycles. The first-order valence-electron chi connectivity index (χ1n) is 7.73. The Hall–Kier alpha value is -1.37. The largest absolute Gasteiger partial charge is 0.297 e. The highest BCUT2D eigenvalue weighted by atomic mass is 31.2. The number of hydrogen-bond acceptors (Lipinski definition) is 1. The van der Waals surface area contributed by atoms with Crippen LogP contribution in [0.2, 0.25) is 0 Å². The Labute approximate surface area is 127 Å². The summed E-state index contributed by atoms with van der Waals surface area (Å²) in [5, 5.41) is 5.33. The van der Waals surface area contributed by atoms with Crippen molar-refractivity contribution in [3.05, 3.63) is 60.7 Å². The van der Waals surface area contributed by atoms with Crippen LogP contribution in [0.4, 0.5) is 0 Å².